The molecule has 0 radical (unpaired) electrons. The maximum atomic E-state index is 11.4. The molecule has 0 bridgehead atoms. The summed E-state index contributed by atoms with van der Waals surface area (Å²) in [6, 6.07) is 3.93. The predicted molar refractivity (Wildman–Crippen MR) is 70.2 cm³/mol. The third-order valence-electron chi connectivity index (χ3n) is 1.75. The molecule has 1 N–H and O–H groups in total. The maximum absolute atomic E-state index is 11.4. The summed E-state index contributed by atoms with van der Waals surface area (Å²) in [6.45, 7) is 1.76. The number of nitrogens with one attached hydrogen (secondary N) is 1. The lowest BCUT2D eigenvalue weighted by Gasteiger charge is -2.00. The maximum Gasteiger partial charge on any atom is 0.239 e. The highest BCUT2D eigenvalue weighted by atomic mass is 79.9. The molecule has 7 heteroatoms. The van der Waals surface area contributed by atoms with Crippen molar-refractivity contribution < 1.29 is 4.79 Å². The fourth-order valence-electron chi connectivity index (χ4n) is 0.978. The van der Waals surface area contributed by atoms with E-state index < -0.39 is 0 Å². The molecular weight excluding hydrogens is 310 g/mol. The first kappa shape index (κ1) is 11.7. The van der Waals surface area contributed by atoms with Gasteiger partial charge >= 0.3 is 0 Å². The molecule has 0 aromatic carbocycles. The molecule has 1 amide bonds. The highest BCUT2D eigenvalue weighted by Crippen LogP contribution is 2.29. The molecule has 16 heavy (non-hydrogen) atoms. The van der Waals surface area contributed by atoms with E-state index in [0.29, 0.717) is 5.13 Å². The van der Waals surface area contributed by atoms with Gasteiger partial charge in [-0.2, -0.15) is 0 Å². The summed E-state index contributed by atoms with van der Waals surface area (Å²) in [5.41, 5.74) is 0. The van der Waals surface area contributed by atoms with Crippen LogP contribution in [0.25, 0.3) is 9.88 Å². The number of halogens is 1. The zero-order valence-corrected chi connectivity index (χ0v) is 11.5. The van der Waals surface area contributed by atoms with Gasteiger partial charge in [-0.05, 0) is 18.4 Å². The van der Waals surface area contributed by atoms with Crippen LogP contribution in [-0.2, 0) is 4.79 Å². The second kappa shape index (κ2) is 5.03. The van der Waals surface area contributed by atoms with Crippen LogP contribution in [0.4, 0.5) is 5.13 Å². The van der Waals surface area contributed by atoms with E-state index in [4.69, 9.17) is 0 Å². The third kappa shape index (κ3) is 2.66. The Hall–Kier alpha value is -0.790. The number of amides is 1. The van der Waals surface area contributed by atoms with Crippen LogP contribution in [0.15, 0.2) is 17.5 Å². The van der Waals surface area contributed by atoms with Crippen molar-refractivity contribution in [3.05, 3.63) is 17.5 Å². The number of carbonyl (C=O) groups excluding carboxylic acids is 1. The molecule has 0 saturated carbocycles. The van der Waals surface area contributed by atoms with Gasteiger partial charge < -0.3 is 0 Å². The van der Waals surface area contributed by atoms with Gasteiger partial charge in [0.2, 0.25) is 11.0 Å². The lowest BCUT2D eigenvalue weighted by Crippen LogP contribution is -2.19. The summed E-state index contributed by atoms with van der Waals surface area (Å²) in [6.07, 6.45) is 0. The van der Waals surface area contributed by atoms with Crippen molar-refractivity contribution in [1.82, 2.24) is 10.2 Å². The van der Waals surface area contributed by atoms with Crippen LogP contribution < -0.4 is 5.32 Å². The van der Waals surface area contributed by atoms with E-state index in [1.54, 1.807) is 18.3 Å². The van der Waals surface area contributed by atoms with Gasteiger partial charge in [0.05, 0.1) is 9.70 Å². The van der Waals surface area contributed by atoms with Gasteiger partial charge in [-0.25, -0.2) is 0 Å². The van der Waals surface area contributed by atoms with E-state index in [2.05, 4.69) is 31.4 Å². The van der Waals surface area contributed by atoms with E-state index in [1.807, 2.05) is 17.5 Å². The van der Waals surface area contributed by atoms with Gasteiger partial charge in [-0.15, -0.1) is 21.5 Å². The van der Waals surface area contributed by atoms with Gasteiger partial charge in [-0.1, -0.05) is 33.3 Å². The van der Waals surface area contributed by atoms with Gasteiger partial charge in [-0.3, -0.25) is 10.1 Å². The minimum atomic E-state index is -0.235. The standard InChI is InChI=1S/C9H8BrN3OS2/c1-5(10)7(14)11-9-13-12-8(16-9)6-3-2-4-15-6/h2-5H,1H3,(H,11,13,14). The van der Waals surface area contributed by atoms with Crippen LogP contribution in [0.5, 0.6) is 0 Å². The zero-order chi connectivity index (χ0) is 11.5. The molecule has 1 unspecified atom stereocenters. The third-order valence-corrected chi connectivity index (χ3v) is 4.04. The smallest absolute Gasteiger partial charge is 0.239 e. The zero-order valence-electron chi connectivity index (χ0n) is 8.31. The van der Waals surface area contributed by atoms with E-state index >= 15 is 0 Å². The number of hydrogen-bond acceptors (Lipinski definition) is 5. The number of rotatable bonds is 3. The predicted octanol–water partition coefficient (Wildman–Crippen LogP) is 2.99. The molecule has 0 aliphatic rings. The number of aromatic nitrogens is 2. The van der Waals surface area contributed by atoms with Crippen molar-refractivity contribution in [1.29, 1.82) is 0 Å². The Labute approximate surface area is 109 Å². The molecule has 0 spiro atoms. The molecule has 0 aliphatic heterocycles. The first-order chi connectivity index (χ1) is 7.66. The Morgan fingerprint density at radius 1 is 1.56 bits per heavy atom. The average Bonchev–Trinajstić information content (AvgIpc) is 2.85. The molecule has 0 fully saturated rings. The van der Waals surface area contributed by atoms with Gasteiger partial charge in [0.15, 0.2) is 5.01 Å². The minimum absolute atomic E-state index is 0.117. The van der Waals surface area contributed by atoms with Crippen molar-refractivity contribution in [2.45, 2.75) is 11.8 Å². The first-order valence-corrected chi connectivity index (χ1v) is 7.10. The minimum Gasteiger partial charge on any atom is -0.300 e. The number of carbonyl (C=O) groups is 1. The largest absolute Gasteiger partial charge is 0.300 e. The Balaban J connectivity index is 2.11. The monoisotopic (exact) mass is 317 g/mol. The molecule has 2 heterocycles. The van der Waals surface area contributed by atoms with E-state index in [0.717, 1.165) is 9.88 Å². The quantitative estimate of drug-likeness (QED) is 0.885. The summed E-state index contributed by atoms with van der Waals surface area (Å²) in [4.78, 5) is 12.2. The van der Waals surface area contributed by atoms with Gasteiger partial charge in [0.1, 0.15) is 0 Å². The topological polar surface area (TPSA) is 54.9 Å². The molecule has 2 aromatic heterocycles. The summed E-state index contributed by atoms with van der Waals surface area (Å²) >= 11 is 6.16. The SMILES string of the molecule is CC(Br)C(=O)Nc1nnc(-c2cccs2)s1. The fraction of sp³-hybridized carbons (Fsp3) is 0.222. The molecule has 4 nitrogen and oxygen atoms in total. The Morgan fingerprint density at radius 3 is 3.00 bits per heavy atom. The van der Waals surface area contributed by atoms with Crippen molar-refractivity contribution >= 4 is 49.6 Å². The lowest BCUT2D eigenvalue weighted by molar-refractivity contribution is -0.115. The second-order valence-corrected chi connectivity index (χ2v) is 6.29. The van der Waals surface area contributed by atoms with Crippen LogP contribution >= 0.6 is 38.6 Å². The normalized spacial score (nSPS) is 12.4. The van der Waals surface area contributed by atoms with Crippen LogP contribution in [-0.4, -0.2) is 20.9 Å². The molecule has 84 valence electrons. The van der Waals surface area contributed by atoms with Gasteiger partial charge in [0.25, 0.3) is 0 Å². The fourth-order valence-corrected chi connectivity index (χ4v) is 2.63. The van der Waals surface area contributed by atoms with Crippen LogP contribution in [0.3, 0.4) is 0 Å². The Bertz CT molecular complexity index is 481. The van der Waals surface area contributed by atoms with Crippen LogP contribution in [0.1, 0.15) is 6.92 Å². The van der Waals surface area contributed by atoms with E-state index in [-0.39, 0.29) is 10.7 Å². The molecule has 0 aliphatic carbocycles. The van der Waals surface area contributed by atoms with Crippen molar-refractivity contribution in [3.8, 4) is 9.88 Å². The average molecular weight is 318 g/mol. The summed E-state index contributed by atoms with van der Waals surface area (Å²) < 4.78 is 0. The second-order valence-electron chi connectivity index (χ2n) is 2.99. The number of nitrogens with zero attached hydrogens (tertiary/aromatic N) is 2. The highest BCUT2D eigenvalue weighted by molar-refractivity contribution is 9.10. The number of thiophene rings is 1. The van der Waals surface area contributed by atoms with Crippen LogP contribution in [0.2, 0.25) is 0 Å². The molecule has 2 rings (SSSR count). The lowest BCUT2D eigenvalue weighted by atomic mass is 10.5. The molecule has 2 aromatic rings. The van der Waals surface area contributed by atoms with Crippen LogP contribution in [0, 0.1) is 0 Å². The number of anilines is 1. The molecule has 0 saturated heterocycles. The number of hydrogen-bond donors (Lipinski definition) is 1. The molecule has 1 atom stereocenters. The molecular formula is C9H8BrN3OS2. The summed E-state index contributed by atoms with van der Waals surface area (Å²) in [7, 11) is 0. The van der Waals surface area contributed by atoms with Gasteiger partial charge in [0, 0.05) is 0 Å². The Kier molecular flexibility index (Phi) is 3.67. The van der Waals surface area contributed by atoms with Crippen molar-refractivity contribution in [2.24, 2.45) is 0 Å². The van der Waals surface area contributed by atoms with E-state index in [1.165, 1.54) is 11.3 Å². The first-order valence-electron chi connectivity index (χ1n) is 4.49. The number of alkyl halides is 1. The highest BCUT2D eigenvalue weighted by Gasteiger charge is 2.13. The van der Waals surface area contributed by atoms with E-state index in [9.17, 15) is 4.79 Å². The van der Waals surface area contributed by atoms with Crippen molar-refractivity contribution in [2.75, 3.05) is 5.32 Å². The van der Waals surface area contributed by atoms with Crippen molar-refractivity contribution in [3.63, 3.8) is 0 Å². The summed E-state index contributed by atoms with van der Waals surface area (Å²) in [5.74, 6) is -0.117. The summed E-state index contributed by atoms with van der Waals surface area (Å²) in [5, 5.41) is 14.0. The Morgan fingerprint density at radius 2 is 2.38 bits per heavy atom.